The smallest absolute Gasteiger partial charge is 0.262 e. The van der Waals surface area contributed by atoms with Gasteiger partial charge in [-0.05, 0) is 37.7 Å². The van der Waals surface area contributed by atoms with Crippen molar-refractivity contribution in [3.63, 3.8) is 0 Å². The number of nitrogens with zero attached hydrogens (tertiary/aromatic N) is 1. The van der Waals surface area contributed by atoms with E-state index in [9.17, 15) is 4.79 Å². The first-order valence-corrected chi connectivity index (χ1v) is 5.76. The molecule has 1 aromatic carbocycles. The zero-order valence-corrected chi connectivity index (χ0v) is 10.6. The molecule has 0 fully saturated rings. The molecule has 2 aromatic rings. The van der Waals surface area contributed by atoms with Crippen LogP contribution in [0.25, 0.3) is 10.9 Å². The summed E-state index contributed by atoms with van der Waals surface area (Å²) in [4.78, 5) is 15.2. The summed E-state index contributed by atoms with van der Waals surface area (Å²) >= 11 is 11.2. The molecule has 0 radical (unpaired) electrons. The summed E-state index contributed by atoms with van der Waals surface area (Å²) in [6, 6.07) is 3.60. The number of nitrogens with one attached hydrogen (secondary N) is 1. The van der Waals surface area contributed by atoms with Crippen LogP contribution >= 0.6 is 23.8 Å². The van der Waals surface area contributed by atoms with Gasteiger partial charge < -0.3 is 4.98 Å². The molecule has 2 rings (SSSR count). The fourth-order valence-corrected chi connectivity index (χ4v) is 2.29. The molecule has 0 spiro atoms. The molecule has 0 saturated heterocycles. The Kier molecular flexibility index (Phi) is 2.86. The van der Waals surface area contributed by atoms with Crippen LogP contribution < -0.4 is 5.56 Å². The van der Waals surface area contributed by atoms with Crippen molar-refractivity contribution in [1.82, 2.24) is 9.55 Å². The Morgan fingerprint density at radius 3 is 2.81 bits per heavy atom. The van der Waals surface area contributed by atoms with Gasteiger partial charge in [0, 0.05) is 6.54 Å². The Balaban J connectivity index is 3.11. The van der Waals surface area contributed by atoms with E-state index < -0.39 is 0 Å². The lowest BCUT2D eigenvalue weighted by molar-refractivity contribution is 0.704. The van der Waals surface area contributed by atoms with Gasteiger partial charge in [-0.15, -0.1) is 0 Å². The first-order chi connectivity index (χ1) is 7.56. The average molecular weight is 255 g/mol. The van der Waals surface area contributed by atoms with Gasteiger partial charge in [-0.2, -0.15) is 0 Å². The topological polar surface area (TPSA) is 37.8 Å². The molecule has 0 atom stereocenters. The highest BCUT2D eigenvalue weighted by atomic mass is 35.5. The van der Waals surface area contributed by atoms with Crippen molar-refractivity contribution in [2.75, 3.05) is 0 Å². The lowest BCUT2D eigenvalue weighted by Gasteiger charge is -2.08. The molecule has 1 heterocycles. The molecule has 0 aliphatic rings. The number of fused-ring (bicyclic) bond motifs is 1. The van der Waals surface area contributed by atoms with E-state index in [0.717, 1.165) is 5.56 Å². The summed E-state index contributed by atoms with van der Waals surface area (Å²) in [6.07, 6.45) is 0. The number of benzene rings is 1. The first-order valence-electron chi connectivity index (χ1n) is 4.98. The van der Waals surface area contributed by atoms with E-state index >= 15 is 0 Å². The van der Waals surface area contributed by atoms with Gasteiger partial charge in [0.25, 0.3) is 5.56 Å². The third-order valence-electron chi connectivity index (χ3n) is 2.62. The maximum atomic E-state index is 12.2. The number of halogens is 1. The van der Waals surface area contributed by atoms with Crippen LogP contribution in [0.1, 0.15) is 12.5 Å². The van der Waals surface area contributed by atoms with Gasteiger partial charge >= 0.3 is 0 Å². The zero-order chi connectivity index (χ0) is 11.9. The van der Waals surface area contributed by atoms with E-state index in [1.54, 1.807) is 6.07 Å². The molecule has 0 saturated carbocycles. The number of aryl methyl sites for hydroxylation is 1. The second-order valence-electron chi connectivity index (χ2n) is 3.59. The minimum Gasteiger partial charge on any atom is -0.330 e. The highest BCUT2D eigenvalue weighted by molar-refractivity contribution is 7.71. The molecule has 0 bridgehead atoms. The molecule has 84 valence electrons. The number of hydrogen-bond donors (Lipinski definition) is 1. The van der Waals surface area contributed by atoms with E-state index in [4.69, 9.17) is 23.8 Å². The third-order valence-corrected chi connectivity index (χ3v) is 3.25. The molecular formula is C11H11ClN2OS. The summed E-state index contributed by atoms with van der Waals surface area (Å²) in [7, 11) is 0. The van der Waals surface area contributed by atoms with Crippen LogP contribution in [0.2, 0.25) is 5.02 Å². The minimum absolute atomic E-state index is 0.0822. The number of hydrogen-bond acceptors (Lipinski definition) is 2. The predicted molar refractivity (Wildman–Crippen MR) is 68.8 cm³/mol. The molecule has 0 unspecified atom stereocenters. The Morgan fingerprint density at radius 2 is 2.19 bits per heavy atom. The first kappa shape index (κ1) is 11.4. The molecule has 3 nitrogen and oxygen atoms in total. The molecule has 5 heteroatoms. The van der Waals surface area contributed by atoms with Crippen molar-refractivity contribution in [3.8, 4) is 0 Å². The van der Waals surface area contributed by atoms with Gasteiger partial charge in [-0.25, -0.2) is 0 Å². The minimum atomic E-state index is -0.0822. The van der Waals surface area contributed by atoms with Crippen LogP contribution in [0, 0.1) is 11.7 Å². The number of rotatable bonds is 1. The average Bonchev–Trinajstić information content (AvgIpc) is 2.24. The highest BCUT2D eigenvalue weighted by Crippen LogP contribution is 2.21. The Morgan fingerprint density at radius 1 is 1.50 bits per heavy atom. The van der Waals surface area contributed by atoms with E-state index in [1.807, 2.05) is 19.9 Å². The Bertz CT molecular complexity index is 672. The molecule has 16 heavy (non-hydrogen) atoms. The summed E-state index contributed by atoms with van der Waals surface area (Å²) in [5.41, 5.74) is 1.44. The number of aromatic amines is 1. The van der Waals surface area contributed by atoms with Crippen LogP contribution in [0.5, 0.6) is 0 Å². The summed E-state index contributed by atoms with van der Waals surface area (Å²) in [5.74, 6) is 0. The second kappa shape index (κ2) is 4.03. The predicted octanol–water partition coefficient (Wildman–Crippen LogP) is 3.04. The lowest BCUT2D eigenvalue weighted by atomic mass is 10.1. The van der Waals surface area contributed by atoms with Gasteiger partial charge in [0.1, 0.15) is 0 Å². The summed E-state index contributed by atoms with van der Waals surface area (Å²) in [6.45, 7) is 4.32. The number of H-pyrrole nitrogens is 1. The molecular weight excluding hydrogens is 244 g/mol. The zero-order valence-electron chi connectivity index (χ0n) is 9.00. The monoisotopic (exact) mass is 254 g/mol. The van der Waals surface area contributed by atoms with E-state index in [-0.39, 0.29) is 5.56 Å². The number of aromatic nitrogens is 2. The maximum Gasteiger partial charge on any atom is 0.262 e. The van der Waals surface area contributed by atoms with Crippen LogP contribution in [0.15, 0.2) is 16.9 Å². The largest absolute Gasteiger partial charge is 0.330 e. The molecule has 0 aliphatic carbocycles. The maximum absolute atomic E-state index is 12.2. The summed E-state index contributed by atoms with van der Waals surface area (Å²) in [5, 5.41) is 1.13. The molecule has 1 N–H and O–H groups in total. The SMILES string of the molecule is CCn1c(=S)[nH]c2c(Cl)ccc(C)c2c1=O. The fourth-order valence-electron chi connectivity index (χ4n) is 1.77. The van der Waals surface area contributed by atoms with Crippen LogP contribution in [-0.4, -0.2) is 9.55 Å². The normalized spacial score (nSPS) is 10.9. The van der Waals surface area contributed by atoms with Crippen molar-refractivity contribution >= 4 is 34.7 Å². The highest BCUT2D eigenvalue weighted by Gasteiger charge is 2.09. The van der Waals surface area contributed by atoms with Crippen molar-refractivity contribution < 1.29 is 0 Å². The van der Waals surface area contributed by atoms with Crippen molar-refractivity contribution in [3.05, 3.63) is 37.8 Å². The third kappa shape index (κ3) is 1.58. The van der Waals surface area contributed by atoms with Crippen molar-refractivity contribution in [2.45, 2.75) is 20.4 Å². The van der Waals surface area contributed by atoms with Crippen LogP contribution in [0.4, 0.5) is 0 Å². The van der Waals surface area contributed by atoms with Gasteiger partial charge in [0.2, 0.25) is 0 Å². The van der Waals surface area contributed by atoms with Crippen molar-refractivity contribution in [2.24, 2.45) is 0 Å². The Labute approximate surface area is 103 Å². The van der Waals surface area contributed by atoms with E-state index in [0.29, 0.717) is 27.2 Å². The van der Waals surface area contributed by atoms with Gasteiger partial charge in [0.15, 0.2) is 4.77 Å². The quantitative estimate of drug-likeness (QED) is 0.795. The van der Waals surface area contributed by atoms with E-state index in [1.165, 1.54) is 4.57 Å². The van der Waals surface area contributed by atoms with Gasteiger partial charge in [0.05, 0.1) is 15.9 Å². The van der Waals surface area contributed by atoms with Crippen LogP contribution in [0.3, 0.4) is 0 Å². The fraction of sp³-hybridized carbons (Fsp3) is 0.273. The van der Waals surface area contributed by atoms with Crippen LogP contribution in [-0.2, 0) is 6.54 Å². The lowest BCUT2D eigenvalue weighted by Crippen LogP contribution is -2.22. The second-order valence-corrected chi connectivity index (χ2v) is 4.39. The van der Waals surface area contributed by atoms with Crippen molar-refractivity contribution in [1.29, 1.82) is 0 Å². The van der Waals surface area contributed by atoms with E-state index in [2.05, 4.69) is 4.98 Å². The molecule has 1 aromatic heterocycles. The molecule has 0 amide bonds. The molecule has 0 aliphatic heterocycles. The van der Waals surface area contributed by atoms with Gasteiger partial charge in [-0.3, -0.25) is 9.36 Å². The summed E-state index contributed by atoms with van der Waals surface area (Å²) < 4.78 is 1.94. The van der Waals surface area contributed by atoms with Gasteiger partial charge in [-0.1, -0.05) is 17.7 Å². The Hall–Kier alpha value is -1.13. The standard InChI is InChI=1S/C11H11ClN2OS/c1-3-14-10(15)8-6(2)4-5-7(12)9(8)13-11(14)16/h4-5H,3H2,1-2H3,(H,13,16).